The first-order valence-electron chi connectivity index (χ1n) is 7.94. The number of Topliss-reactive ketones (excluding diaryl/α,β-unsaturated/α-hetero) is 1. The van der Waals surface area contributed by atoms with Crippen LogP contribution in [-0.4, -0.2) is 52.2 Å². The zero-order chi connectivity index (χ0) is 17.3. The lowest BCUT2D eigenvalue weighted by Gasteiger charge is -2.35. The summed E-state index contributed by atoms with van der Waals surface area (Å²) in [7, 11) is 1.82. The highest BCUT2D eigenvalue weighted by Gasteiger charge is 2.33. The largest absolute Gasteiger partial charge is 0.461 e. The first-order valence-corrected chi connectivity index (χ1v) is 7.94. The van der Waals surface area contributed by atoms with Crippen molar-refractivity contribution in [2.24, 2.45) is 7.05 Å². The lowest BCUT2D eigenvalue weighted by Crippen LogP contribution is -2.49. The van der Waals surface area contributed by atoms with Gasteiger partial charge in [-0.15, -0.1) is 0 Å². The summed E-state index contributed by atoms with van der Waals surface area (Å²) in [4.78, 5) is 27.1. The summed E-state index contributed by atoms with van der Waals surface area (Å²) in [6.07, 6.45) is 1.65. The number of hydrogen-bond donors (Lipinski definition) is 0. The first-order chi connectivity index (χ1) is 11.5. The summed E-state index contributed by atoms with van der Waals surface area (Å²) in [5, 5.41) is 4.31. The van der Waals surface area contributed by atoms with Gasteiger partial charge in [-0.2, -0.15) is 5.10 Å². The van der Waals surface area contributed by atoms with Gasteiger partial charge in [-0.1, -0.05) is 0 Å². The Bertz CT molecular complexity index is 748. The van der Waals surface area contributed by atoms with Crippen molar-refractivity contribution >= 4 is 11.7 Å². The number of furan rings is 1. The molecule has 0 unspecified atom stereocenters. The number of amides is 1. The minimum Gasteiger partial charge on any atom is -0.461 e. The van der Waals surface area contributed by atoms with Crippen LogP contribution in [0.1, 0.15) is 38.7 Å². The second-order valence-electron chi connectivity index (χ2n) is 6.00. The number of rotatable bonds is 4. The molecule has 1 aliphatic heterocycles. The van der Waals surface area contributed by atoms with Crippen LogP contribution in [-0.2, 0) is 11.8 Å². The van der Waals surface area contributed by atoms with Crippen LogP contribution in [0.5, 0.6) is 0 Å². The number of nitrogens with zero attached hydrogens (tertiary/aromatic N) is 3. The van der Waals surface area contributed by atoms with Crippen molar-refractivity contribution in [3.8, 4) is 0 Å². The predicted molar refractivity (Wildman–Crippen MR) is 86.0 cm³/mol. The molecule has 1 amide bonds. The number of hydrogen-bond acceptors (Lipinski definition) is 5. The van der Waals surface area contributed by atoms with E-state index < -0.39 is 0 Å². The fourth-order valence-electron chi connectivity index (χ4n) is 3.07. The summed E-state index contributed by atoms with van der Waals surface area (Å²) < 4.78 is 12.3. The van der Waals surface area contributed by atoms with Gasteiger partial charge in [0, 0.05) is 25.7 Å². The van der Waals surface area contributed by atoms with Crippen molar-refractivity contribution in [2.75, 3.05) is 19.8 Å². The molecule has 1 atom stereocenters. The van der Waals surface area contributed by atoms with E-state index in [1.807, 2.05) is 20.9 Å². The first kappa shape index (κ1) is 16.4. The average Bonchev–Trinajstić information content (AvgIpc) is 3.17. The molecule has 0 aliphatic carbocycles. The van der Waals surface area contributed by atoms with Crippen molar-refractivity contribution in [1.82, 2.24) is 14.7 Å². The molecular formula is C17H21N3O4. The van der Waals surface area contributed by atoms with Gasteiger partial charge in [0.05, 0.1) is 36.8 Å². The van der Waals surface area contributed by atoms with E-state index in [-0.39, 0.29) is 24.2 Å². The Morgan fingerprint density at radius 2 is 2.17 bits per heavy atom. The summed E-state index contributed by atoms with van der Waals surface area (Å²) >= 11 is 0. The Morgan fingerprint density at radius 3 is 2.79 bits per heavy atom. The maximum Gasteiger partial charge on any atom is 0.258 e. The summed E-state index contributed by atoms with van der Waals surface area (Å²) in [6.45, 7) is 4.97. The third kappa shape index (κ3) is 2.99. The quantitative estimate of drug-likeness (QED) is 0.798. The molecule has 24 heavy (non-hydrogen) atoms. The van der Waals surface area contributed by atoms with Crippen LogP contribution in [0.4, 0.5) is 0 Å². The zero-order valence-corrected chi connectivity index (χ0v) is 14.1. The van der Waals surface area contributed by atoms with E-state index in [2.05, 4.69) is 5.10 Å². The van der Waals surface area contributed by atoms with Crippen LogP contribution in [0.25, 0.3) is 0 Å². The molecule has 7 nitrogen and oxygen atoms in total. The van der Waals surface area contributed by atoms with Crippen molar-refractivity contribution in [3.63, 3.8) is 0 Å². The van der Waals surface area contributed by atoms with Gasteiger partial charge >= 0.3 is 0 Å². The van der Waals surface area contributed by atoms with Crippen LogP contribution in [0, 0.1) is 13.8 Å². The lowest BCUT2D eigenvalue weighted by molar-refractivity contribution is -0.00311. The lowest BCUT2D eigenvalue weighted by atomic mass is 10.0. The van der Waals surface area contributed by atoms with Crippen molar-refractivity contribution < 1.29 is 18.7 Å². The van der Waals surface area contributed by atoms with Gasteiger partial charge in [0.15, 0.2) is 11.5 Å². The smallest absolute Gasteiger partial charge is 0.258 e. The fraction of sp³-hybridized carbons (Fsp3) is 0.471. The van der Waals surface area contributed by atoms with E-state index in [1.54, 1.807) is 21.7 Å². The van der Waals surface area contributed by atoms with Gasteiger partial charge in [0.25, 0.3) is 5.91 Å². The van der Waals surface area contributed by atoms with Gasteiger partial charge in [0.1, 0.15) is 0 Å². The number of carbonyl (C=O) groups excluding carboxylic acids is 2. The Labute approximate surface area is 140 Å². The van der Waals surface area contributed by atoms with E-state index >= 15 is 0 Å². The number of morpholine rings is 1. The molecule has 3 heterocycles. The van der Waals surface area contributed by atoms with E-state index in [9.17, 15) is 9.59 Å². The number of ketones is 1. The third-order valence-electron chi connectivity index (χ3n) is 4.43. The monoisotopic (exact) mass is 331 g/mol. The van der Waals surface area contributed by atoms with Gasteiger partial charge in [0.2, 0.25) is 0 Å². The number of carbonyl (C=O) groups is 2. The van der Waals surface area contributed by atoms with Crippen LogP contribution in [0.3, 0.4) is 0 Å². The minimum atomic E-state index is -0.303. The molecule has 7 heteroatoms. The van der Waals surface area contributed by atoms with Gasteiger partial charge in [-0.05, 0) is 26.0 Å². The van der Waals surface area contributed by atoms with Crippen LogP contribution >= 0.6 is 0 Å². The maximum absolute atomic E-state index is 13.0. The van der Waals surface area contributed by atoms with Crippen molar-refractivity contribution in [2.45, 2.75) is 26.3 Å². The van der Waals surface area contributed by atoms with Gasteiger partial charge < -0.3 is 14.1 Å². The standard InChI is InChI=1S/C17H21N3O4/c1-11-16(12(2)19(3)18-11)17(22)20-6-8-23-10-13(20)9-14(21)15-5-4-7-24-15/h4-5,7,13H,6,8-10H2,1-3H3/t13-/m1/s1. The number of aromatic nitrogens is 2. The summed E-state index contributed by atoms with van der Waals surface area (Å²) in [6, 6.07) is 3.01. The van der Waals surface area contributed by atoms with E-state index in [1.165, 1.54) is 6.26 Å². The molecule has 1 saturated heterocycles. The number of ether oxygens (including phenoxy) is 1. The van der Waals surface area contributed by atoms with Crippen LogP contribution in [0.15, 0.2) is 22.8 Å². The number of aryl methyl sites for hydroxylation is 2. The zero-order valence-electron chi connectivity index (χ0n) is 14.1. The van der Waals surface area contributed by atoms with Gasteiger partial charge in [-0.25, -0.2) is 0 Å². The maximum atomic E-state index is 13.0. The Morgan fingerprint density at radius 1 is 1.38 bits per heavy atom. The Hall–Kier alpha value is -2.41. The van der Waals surface area contributed by atoms with Gasteiger partial charge in [-0.3, -0.25) is 14.3 Å². The van der Waals surface area contributed by atoms with Crippen LogP contribution < -0.4 is 0 Å². The molecule has 0 bridgehead atoms. The third-order valence-corrected chi connectivity index (χ3v) is 4.43. The molecule has 0 N–H and O–H groups in total. The average molecular weight is 331 g/mol. The second kappa shape index (κ2) is 6.60. The molecule has 0 spiro atoms. The molecule has 3 rings (SSSR count). The molecule has 2 aromatic rings. The highest BCUT2D eigenvalue weighted by Crippen LogP contribution is 2.21. The van der Waals surface area contributed by atoms with Crippen molar-refractivity contribution in [1.29, 1.82) is 0 Å². The van der Waals surface area contributed by atoms with Crippen LogP contribution in [0.2, 0.25) is 0 Å². The van der Waals surface area contributed by atoms with Crippen molar-refractivity contribution in [3.05, 3.63) is 41.1 Å². The molecule has 2 aromatic heterocycles. The molecular weight excluding hydrogens is 310 g/mol. The van der Waals surface area contributed by atoms with E-state index in [0.29, 0.717) is 36.8 Å². The minimum absolute atomic E-state index is 0.0985. The normalized spacial score (nSPS) is 18.0. The Balaban J connectivity index is 1.81. The molecule has 0 aromatic carbocycles. The molecule has 1 fully saturated rings. The molecule has 128 valence electrons. The van der Waals surface area contributed by atoms with E-state index in [4.69, 9.17) is 9.15 Å². The van der Waals surface area contributed by atoms with E-state index in [0.717, 1.165) is 5.69 Å². The Kier molecular flexibility index (Phi) is 4.53. The topological polar surface area (TPSA) is 77.6 Å². The molecule has 0 saturated carbocycles. The highest BCUT2D eigenvalue weighted by molar-refractivity contribution is 5.98. The fourth-order valence-corrected chi connectivity index (χ4v) is 3.07. The SMILES string of the molecule is Cc1nn(C)c(C)c1C(=O)N1CCOC[C@H]1CC(=O)c1ccco1. The second-order valence-corrected chi connectivity index (χ2v) is 6.00. The predicted octanol–water partition coefficient (Wildman–Crippen LogP) is 1.74. The highest BCUT2D eigenvalue weighted by atomic mass is 16.5. The summed E-state index contributed by atoms with van der Waals surface area (Å²) in [5.74, 6) is 0.0771. The summed E-state index contributed by atoms with van der Waals surface area (Å²) in [5.41, 5.74) is 2.12. The molecule has 1 aliphatic rings. The molecule has 0 radical (unpaired) electrons.